The quantitative estimate of drug-likeness (QED) is 0.359. The van der Waals surface area contributed by atoms with Gasteiger partial charge in [-0.3, -0.25) is 0 Å². The summed E-state index contributed by atoms with van der Waals surface area (Å²) in [5, 5.41) is 0. The zero-order valence-electron chi connectivity index (χ0n) is 18.8. The second-order valence-electron chi connectivity index (χ2n) is 7.38. The number of rotatable bonds is 9. The molecular formula is C28H34N2. The van der Waals surface area contributed by atoms with E-state index in [1.165, 1.54) is 33.6 Å². The molecule has 0 spiro atoms. The van der Waals surface area contributed by atoms with Crippen LogP contribution >= 0.6 is 0 Å². The molecule has 0 saturated carbocycles. The number of anilines is 2. The highest BCUT2D eigenvalue weighted by Gasteiger charge is 2.14. The van der Waals surface area contributed by atoms with Crippen LogP contribution in [0.2, 0.25) is 0 Å². The van der Waals surface area contributed by atoms with Crippen LogP contribution < -0.4 is 9.80 Å². The first kappa shape index (κ1) is 21.7. The lowest BCUT2D eigenvalue weighted by Gasteiger charge is -2.25. The molecule has 0 atom stereocenters. The molecule has 0 aliphatic heterocycles. The van der Waals surface area contributed by atoms with Crippen molar-refractivity contribution >= 4 is 23.0 Å². The largest absolute Gasteiger partial charge is 0.372 e. The highest BCUT2D eigenvalue weighted by Crippen LogP contribution is 2.34. The van der Waals surface area contributed by atoms with Crippen molar-refractivity contribution in [1.29, 1.82) is 0 Å². The first-order chi connectivity index (χ1) is 14.7. The van der Waals surface area contributed by atoms with Gasteiger partial charge in [-0.25, -0.2) is 0 Å². The second-order valence-corrected chi connectivity index (χ2v) is 7.38. The van der Waals surface area contributed by atoms with Crippen molar-refractivity contribution < 1.29 is 0 Å². The van der Waals surface area contributed by atoms with Crippen molar-refractivity contribution in [2.24, 2.45) is 0 Å². The van der Waals surface area contributed by atoms with Gasteiger partial charge >= 0.3 is 0 Å². The van der Waals surface area contributed by atoms with E-state index < -0.39 is 0 Å². The standard InChI is InChI=1S/C28H34N2/c1-5-29(6-2)25-18-14-15-23(21-25)22-27(24-16-10-9-11-17-24)26-19-12-13-20-28(26)30(7-3)8-4/h9-22H,5-8H2,1-4H3. The molecule has 3 aromatic carbocycles. The lowest BCUT2D eigenvalue weighted by atomic mass is 9.93. The van der Waals surface area contributed by atoms with Gasteiger partial charge in [0.05, 0.1) is 0 Å². The fourth-order valence-electron chi connectivity index (χ4n) is 4.04. The van der Waals surface area contributed by atoms with Gasteiger partial charge in [0.25, 0.3) is 0 Å². The normalized spacial score (nSPS) is 11.4. The molecule has 0 fully saturated rings. The maximum Gasteiger partial charge on any atom is 0.0445 e. The Labute approximate surface area is 182 Å². The molecule has 0 N–H and O–H groups in total. The Hall–Kier alpha value is -3.00. The summed E-state index contributed by atoms with van der Waals surface area (Å²) < 4.78 is 0. The number of benzene rings is 3. The van der Waals surface area contributed by atoms with Gasteiger partial charge in [0.2, 0.25) is 0 Å². The topological polar surface area (TPSA) is 6.48 Å². The maximum atomic E-state index is 2.43. The Balaban J connectivity index is 2.17. The summed E-state index contributed by atoms with van der Waals surface area (Å²) in [5.41, 5.74) is 7.57. The smallest absolute Gasteiger partial charge is 0.0445 e. The van der Waals surface area contributed by atoms with Gasteiger partial charge in [0.1, 0.15) is 0 Å². The fourth-order valence-corrected chi connectivity index (χ4v) is 4.04. The van der Waals surface area contributed by atoms with E-state index in [2.05, 4.69) is 122 Å². The molecule has 2 heteroatoms. The van der Waals surface area contributed by atoms with E-state index in [4.69, 9.17) is 0 Å². The highest BCUT2D eigenvalue weighted by molar-refractivity contribution is 5.95. The number of para-hydroxylation sites is 1. The third-order valence-corrected chi connectivity index (χ3v) is 5.69. The Morgan fingerprint density at radius 3 is 1.97 bits per heavy atom. The molecule has 0 aliphatic carbocycles. The van der Waals surface area contributed by atoms with Gasteiger partial charge in [-0.1, -0.05) is 60.7 Å². The summed E-state index contributed by atoms with van der Waals surface area (Å²) >= 11 is 0. The third kappa shape index (κ3) is 4.94. The van der Waals surface area contributed by atoms with Crippen molar-refractivity contribution in [3.63, 3.8) is 0 Å². The highest BCUT2D eigenvalue weighted by atomic mass is 15.1. The van der Waals surface area contributed by atoms with E-state index >= 15 is 0 Å². The summed E-state index contributed by atoms with van der Waals surface area (Å²) in [4.78, 5) is 4.82. The van der Waals surface area contributed by atoms with Crippen LogP contribution in [0.15, 0.2) is 78.9 Å². The Morgan fingerprint density at radius 2 is 1.30 bits per heavy atom. The molecule has 0 saturated heterocycles. The summed E-state index contributed by atoms with van der Waals surface area (Å²) in [6.45, 7) is 12.9. The molecule has 0 bridgehead atoms. The lowest BCUT2D eigenvalue weighted by molar-refractivity contribution is 0.865. The zero-order valence-corrected chi connectivity index (χ0v) is 18.8. The van der Waals surface area contributed by atoms with E-state index in [9.17, 15) is 0 Å². The molecule has 3 aromatic rings. The van der Waals surface area contributed by atoms with E-state index in [1.54, 1.807) is 0 Å². The predicted octanol–water partition coefficient (Wildman–Crippen LogP) is 6.97. The van der Waals surface area contributed by atoms with Crippen LogP contribution in [-0.2, 0) is 0 Å². The van der Waals surface area contributed by atoms with Crippen LogP contribution in [0.25, 0.3) is 11.6 Å². The van der Waals surface area contributed by atoms with E-state index in [1.807, 2.05) is 0 Å². The Kier molecular flexibility index (Phi) is 7.73. The molecule has 2 nitrogen and oxygen atoms in total. The van der Waals surface area contributed by atoms with Crippen molar-refractivity contribution in [1.82, 2.24) is 0 Å². The SMILES string of the molecule is CCN(CC)c1cccc(C=C(c2ccccc2)c2ccccc2N(CC)CC)c1. The van der Waals surface area contributed by atoms with E-state index in [0.717, 1.165) is 26.2 Å². The summed E-state index contributed by atoms with van der Waals surface area (Å²) in [6, 6.07) is 28.4. The molecule has 0 aromatic heterocycles. The fraction of sp³-hybridized carbons (Fsp3) is 0.286. The number of hydrogen-bond acceptors (Lipinski definition) is 2. The average molecular weight is 399 g/mol. The Bertz CT molecular complexity index is 951. The van der Waals surface area contributed by atoms with Gasteiger partial charge in [0.15, 0.2) is 0 Å². The van der Waals surface area contributed by atoms with Crippen LogP contribution in [0.3, 0.4) is 0 Å². The maximum absolute atomic E-state index is 2.43. The first-order valence-electron chi connectivity index (χ1n) is 11.2. The molecule has 0 radical (unpaired) electrons. The summed E-state index contributed by atoms with van der Waals surface area (Å²) in [6.07, 6.45) is 2.34. The molecular weight excluding hydrogens is 364 g/mol. The summed E-state index contributed by atoms with van der Waals surface area (Å²) in [7, 11) is 0. The first-order valence-corrected chi connectivity index (χ1v) is 11.2. The average Bonchev–Trinajstić information content (AvgIpc) is 2.80. The summed E-state index contributed by atoms with van der Waals surface area (Å²) in [5.74, 6) is 0. The number of hydrogen-bond donors (Lipinski definition) is 0. The molecule has 0 heterocycles. The van der Waals surface area contributed by atoms with E-state index in [-0.39, 0.29) is 0 Å². The van der Waals surface area contributed by atoms with Crippen molar-refractivity contribution in [2.45, 2.75) is 27.7 Å². The minimum Gasteiger partial charge on any atom is -0.372 e. The minimum absolute atomic E-state index is 0.993. The third-order valence-electron chi connectivity index (χ3n) is 5.69. The Morgan fingerprint density at radius 1 is 0.667 bits per heavy atom. The zero-order chi connectivity index (χ0) is 21.3. The molecule has 0 amide bonds. The molecule has 156 valence electrons. The van der Waals surface area contributed by atoms with Gasteiger partial charge < -0.3 is 9.80 Å². The van der Waals surface area contributed by atoms with Crippen molar-refractivity contribution in [2.75, 3.05) is 36.0 Å². The van der Waals surface area contributed by atoms with Crippen LogP contribution in [0.1, 0.15) is 44.4 Å². The lowest BCUT2D eigenvalue weighted by Crippen LogP contribution is -2.23. The van der Waals surface area contributed by atoms with Gasteiger partial charge in [-0.2, -0.15) is 0 Å². The van der Waals surface area contributed by atoms with Crippen LogP contribution in [-0.4, -0.2) is 26.2 Å². The van der Waals surface area contributed by atoms with E-state index in [0.29, 0.717) is 0 Å². The van der Waals surface area contributed by atoms with Gasteiger partial charge in [-0.15, -0.1) is 0 Å². The monoisotopic (exact) mass is 398 g/mol. The molecule has 0 aliphatic rings. The minimum atomic E-state index is 0.993. The van der Waals surface area contributed by atoms with Crippen molar-refractivity contribution in [3.05, 3.63) is 95.6 Å². The predicted molar refractivity (Wildman–Crippen MR) is 133 cm³/mol. The molecule has 3 rings (SSSR count). The van der Waals surface area contributed by atoms with Crippen LogP contribution in [0.5, 0.6) is 0 Å². The number of nitrogens with zero attached hydrogens (tertiary/aromatic N) is 2. The molecule has 0 unspecified atom stereocenters. The van der Waals surface area contributed by atoms with Gasteiger partial charge in [-0.05, 0) is 68.7 Å². The van der Waals surface area contributed by atoms with Gasteiger partial charge in [0, 0.05) is 43.1 Å². The van der Waals surface area contributed by atoms with Crippen molar-refractivity contribution in [3.8, 4) is 0 Å². The van der Waals surface area contributed by atoms with Crippen LogP contribution in [0.4, 0.5) is 11.4 Å². The second kappa shape index (κ2) is 10.7. The van der Waals surface area contributed by atoms with Crippen LogP contribution in [0, 0.1) is 0 Å². The molecule has 30 heavy (non-hydrogen) atoms.